The lowest BCUT2D eigenvalue weighted by molar-refractivity contribution is -0.870. The van der Waals surface area contributed by atoms with E-state index in [1.165, 1.54) is 238 Å². The Morgan fingerprint density at radius 2 is 0.779 bits per heavy atom. The Kier molecular flexibility index (Phi) is 57.9. The van der Waals surface area contributed by atoms with Gasteiger partial charge >= 0.3 is 7.82 Å². The van der Waals surface area contributed by atoms with E-state index in [-0.39, 0.29) is 19.1 Å². The number of phosphoric acid groups is 1. The zero-order valence-corrected chi connectivity index (χ0v) is 52.9. The van der Waals surface area contributed by atoms with Crippen molar-refractivity contribution in [3.05, 3.63) is 48.6 Å². The predicted octanol–water partition coefficient (Wildman–Crippen LogP) is 21.1. The molecule has 0 saturated carbocycles. The molecular formula is C68H132N2O6P+. The summed E-state index contributed by atoms with van der Waals surface area (Å²) in [7, 11) is 1.63. The Balaban J connectivity index is 4.05. The first-order chi connectivity index (χ1) is 37.5. The molecule has 454 valence electrons. The number of hydrogen-bond donors (Lipinski definition) is 3. The molecule has 0 aromatic rings. The fourth-order valence-electron chi connectivity index (χ4n) is 10.2. The highest BCUT2D eigenvalue weighted by Gasteiger charge is 2.28. The minimum Gasteiger partial charge on any atom is -0.391 e. The van der Waals surface area contributed by atoms with E-state index in [2.05, 4.69) is 67.8 Å². The van der Waals surface area contributed by atoms with E-state index in [9.17, 15) is 19.4 Å². The monoisotopic (exact) mass is 1100 g/mol. The second-order valence-electron chi connectivity index (χ2n) is 24.2. The van der Waals surface area contributed by atoms with Crippen LogP contribution in [0, 0.1) is 0 Å². The number of aliphatic hydroxyl groups is 1. The molecule has 0 radical (unpaired) electrons. The number of unbranched alkanes of at least 4 members (excludes halogenated alkanes) is 41. The fourth-order valence-corrected chi connectivity index (χ4v) is 10.9. The van der Waals surface area contributed by atoms with Gasteiger partial charge < -0.3 is 19.8 Å². The van der Waals surface area contributed by atoms with Crippen molar-refractivity contribution in [2.45, 2.75) is 341 Å². The molecule has 0 aromatic heterocycles. The van der Waals surface area contributed by atoms with Crippen LogP contribution in [-0.4, -0.2) is 73.4 Å². The maximum atomic E-state index is 13.1. The Hall–Kier alpha value is -1.54. The summed E-state index contributed by atoms with van der Waals surface area (Å²) in [6, 6.07) is -0.762. The van der Waals surface area contributed by atoms with E-state index in [1.54, 1.807) is 0 Å². The molecule has 0 aliphatic heterocycles. The van der Waals surface area contributed by atoms with E-state index in [0.717, 1.165) is 64.2 Å². The van der Waals surface area contributed by atoms with Gasteiger partial charge in [0.2, 0.25) is 5.91 Å². The van der Waals surface area contributed by atoms with E-state index in [1.807, 2.05) is 21.1 Å². The quantitative estimate of drug-likeness (QED) is 0.0243. The Morgan fingerprint density at radius 1 is 0.455 bits per heavy atom. The number of quaternary nitrogens is 1. The molecule has 0 aliphatic carbocycles. The van der Waals surface area contributed by atoms with Gasteiger partial charge in [0.05, 0.1) is 39.9 Å². The maximum absolute atomic E-state index is 13.1. The highest BCUT2D eigenvalue weighted by Crippen LogP contribution is 2.43. The number of carbonyl (C=O) groups excluding carboxylic acids is 1. The molecule has 9 heteroatoms. The number of hydrogen-bond acceptors (Lipinski definition) is 5. The van der Waals surface area contributed by atoms with Gasteiger partial charge in [-0.3, -0.25) is 13.8 Å². The molecule has 0 aliphatic rings. The third-order valence-corrected chi connectivity index (χ3v) is 16.3. The van der Waals surface area contributed by atoms with Crippen molar-refractivity contribution in [2.24, 2.45) is 0 Å². The molecule has 8 nitrogen and oxygen atoms in total. The average Bonchev–Trinajstić information content (AvgIpc) is 3.39. The third kappa shape index (κ3) is 61.9. The van der Waals surface area contributed by atoms with E-state index < -0.39 is 20.0 Å². The van der Waals surface area contributed by atoms with Crippen molar-refractivity contribution >= 4 is 13.7 Å². The summed E-state index contributed by atoms with van der Waals surface area (Å²) in [5.41, 5.74) is 0. The number of amides is 1. The number of rotatable bonds is 62. The number of nitrogens with zero attached hydrogens (tertiary/aromatic N) is 1. The lowest BCUT2D eigenvalue weighted by Gasteiger charge is -2.26. The van der Waals surface area contributed by atoms with Gasteiger partial charge in [-0.25, -0.2) is 4.57 Å². The molecule has 0 aromatic carbocycles. The van der Waals surface area contributed by atoms with E-state index in [0.29, 0.717) is 23.9 Å². The lowest BCUT2D eigenvalue weighted by Crippen LogP contribution is -2.46. The fraction of sp³-hybridized carbons (Fsp3) is 0.868. The number of aliphatic hydroxyl groups excluding tert-OH is 1. The van der Waals surface area contributed by atoms with Gasteiger partial charge in [-0.2, -0.15) is 0 Å². The average molecular weight is 1100 g/mol. The van der Waals surface area contributed by atoms with Crippen molar-refractivity contribution in [3.8, 4) is 0 Å². The van der Waals surface area contributed by atoms with Gasteiger partial charge in [0.25, 0.3) is 0 Å². The van der Waals surface area contributed by atoms with Crippen molar-refractivity contribution in [2.75, 3.05) is 40.9 Å². The van der Waals surface area contributed by atoms with Crippen molar-refractivity contribution in [3.63, 3.8) is 0 Å². The first-order valence-electron chi connectivity index (χ1n) is 33.5. The molecular weight excluding hydrogens is 972 g/mol. The van der Waals surface area contributed by atoms with Crippen LogP contribution in [0.5, 0.6) is 0 Å². The van der Waals surface area contributed by atoms with Gasteiger partial charge in [0.1, 0.15) is 13.2 Å². The van der Waals surface area contributed by atoms with Gasteiger partial charge in [-0.1, -0.05) is 319 Å². The van der Waals surface area contributed by atoms with Gasteiger partial charge in [-0.05, 0) is 51.4 Å². The van der Waals surface area contributed by atoms with Crippen LogP contribution in [0.4, 0.5) is 0 Å². The molecule has 0 fully saturated rings. The SMILES string of the molecule is CC/C=C\C/C=C\C/C=C\C/C=C\CCCCCCCCCCCCCCCCCCC(=O)NC(COP(=O)(O)OCC[N+](C)(C)C)C(O)CCCCCCCCCCCCCCCCCCCCCCCCCCCC. The van der Waals surface area contributed by atoms with Crippen LogP contribution in [0.15, 0.2) is 48.6 Å². The zero-order chi connectivity index (χ0) is 56.3. The van der Waals surface area contributed by atoms with Crippen LogP contribution in [0.1, 0.15) is 328 Å². The minimum absolute atomic E-state index is 0.0754. The maximum Gasteiger partial charge on any atom is 0.472 e. The molecule has 3 N–H and O–H groups in total. The molecule has 3 atom stereocenters. The van der Waals surface area contributed by atoms with Crippen LogP contribution in [-0.2, 0) is 18.4 Å². The van der Waals surface area contributed by atoms with Crippen LogP contribution in [0.3, 0.4) is 0 Å². The second kappa shape index (κ2) is 59.1. The Labute approximate surface area is 479 Å². The summed E-state index contributed by atoms with van der Waals surface area (Å²) in [5.74, 6) is -0.140. The molecule has 0 rings (SSSR count). The summed E-state index contributed by atoms with van der Waals surface area (Å²) < 4.78 is 23.9. The van der Waals surface area contributed by atoms with E-state index >= 15 is 0 Å². The number of phosphoric ester groups is 1. The van der Waals surface area contributed by atoms with Crippen LogP contribution in [0.2, 0.25) is 0 Å². The number of nitrogens with one attached hydrogen (secondary N) is 1. The Bertz CT molecular complexity index is 1390. The zero-order valence-electron chi connectivity index (χ0n) is 52.0. The number of likely N-dealkylation sites (N-methyl/N-ethyl adjacent to an activating group) is 1. The van der Waals surface area contributed by atoms with Crippen molar-refractivity contribution < 1.29 is 32.9 Å². The molecule has 0 spiro atoms. The normalized spacial score (nSPS) is 14.0. The molecule has 3 unspecified atom stereocenters. The molecule has 0 saturated heterocycles. The van der Waals surface area contributed by atoms with Crippen LogP contribution >= 0.6 is 7.82 Å². The minimum atomic E-state index is -4.33. The summed E-state index contributed by atoms with van der Waals surface area (Å²) in [6.45, 7) is 4.82. The largest absolute Gasteiger partial charge is 0.472 e. The Morgan fingerprint density at radius 3 is 1.14 bits per heavy atom. The molecule has 77 heavy (non-hydrogen) atoms. The van der Waals surface area contributed by atoms with Crippen molar-refractivity contribution in [1.29, 1.82) is 0 Å². The first kappa shape index (κ1) is 75.5. The smallest absolute Gasteiger partial charge is 0.391 e. The highest BCUT2D eigenvalue weighted by atomic mass is 31.2. The summed E-state index contributed by atoms with van der Waals surface area (Å²) >= 11 is 0. The number of allylic oxidation sites excluding steroid dienone is 8. The van der Waals surface area contributed by atoms with Crippen LogP contribution < -0.4 is 5.32 Å². The van der Waals surface area contributed by atoms with Crippen LogP contribution in [0.25, 0.3) is 0 Å². The topological polar surface area (TPSA) is 105 Å². The summed E-state index contributed by atoms with van der Waals surface area (Å²) in [4.78, 5) is 23.4. The highest BCUT2D eigenvalue weighted by molar-refractivity contribution is 7.47. The van der Waals surface area contributed by atoms with Gasteiger partial charge in [0, 0.05) is 6.42 Å². The summed E-state index contributed by atoms with van der Waals surface area (Å²) in [6.07, 6.45) is 79.1. The number of carbonyl (C=O) groups is 1. The molecule has 0 heterocycles. The predicted molar refractivity (Wildman–Crippen MR) is 337 cm³/mol. The van der Waals surface area contributed by atoms with Gasteiger partial charge in [0.15, 0.2) is 0 Å². The van der Waals surface area contributed by atoms with Gasteiger partial charge in [-0.15, -0.1) is 0 Å². The first-order valence-corrected chi connectivity index (χ1v) is 35.0. The molecule has 0 bridgehead atoms. The second-order valence-corrected chi connectivity index (χ2v) is 25.6. The summed E-state index contributed by atoms with van der Waals surface area (Å²) in [5, 5.41) is 14.1. The van der Waals surface area contributed by atoms with E-state index in [4.69, 9.17) is 9.05 Å². The lowest BCUT2D eigenvalue weighted by atomic mass is 10.0. The molecule has 1 amide bonds. The third-order valence-electron chi connectivity index (χ3n) is 15.3. The van der Waals surface area contributed by atoms with Crippen molar-refractivity contribution in [1.82, 2.24) is 5.32 Å². The standard InChI is InChI=1S/C68H131N2O6P/c1-6-8-10-12-14-16-18-20-22-24-26-28-30-32-34-35-36-38-40-42-44-46-48-50-52-54-56-58-60-62-68(72)69-66(65-76-77(73,74)75-64-63-70(3,4)5)67(71)61-59-57-55-53-51-49-47-45-43-41-39-37-33-31-29-27-25-23-21-19-17-15-13-11-9-7-2/h8,10,14,16,20,22,26,28,66-67,71H,6-7,9,11-13,15,17-19,21,23-25,27,29-65H2,1-5H3,(H-,69,72,73,74)/p+1/b10-8-,16-14-,22-20-,28-26-.